The number of hydrogen-bond acceptors (Lipinski definition) is 4. The van der Waals surface area contributed by atoms with Gasteiger partial charge in [-0.1, -0.05) is 35.6 Å². The Morgan fingerprint density at radius 3 is 2.50 bits per heavy atom. The van der Waals surface area contributed by atoms with E-state index in [0.717, 1.165) is 21.5 Å². The van der Waals surface area contributed by atoms with E-state index in [1.807, 2.05) is 36.4 Å². The second-order valence-electron chi connectivity index (χ2n) is 5.11. The third-order valence-corrected chi connectivity index (χ3v) is 4.13. The number of fused-ring (bicyclic) bond motifs is 1. The van der Waals surface area contributed by atoms with Gasteiger partial charge in [-0.3, -0.25) is 14.9 Å². The zero-order valence-corrected chi connectivity index (χ0v) is 13.8. The summed E-state index contributed by atoms with van der Waals surface area (Å²) in [7, 11) is 0. The second kappa shape index (κ2) is 7.06. The molecule has 2 aromatic carbocycles. The average molecular weight is 337 g/mol. The normalized spacial score (nSPS) is 10.9. The highest BCUT2D eigenvalue weighted by atomic mass is 32.1. The Kier molecular flexibility index (Phi) is 4.67. The minimum Gasteiger partial charge on any atom is -0.326 e. The van der Waals surface area contributed by atoms with E-state index in [1.54, 1.807) is 18.2 Å². The predicted molar refractivity (Wildman–Crippen MR) is 98.0 cm³/mol. The number of nitrogens with zero attached hydrogens (tertiary/aromatic N) is 1. The van der Waals surface area contributed by atoms with Crippen molar-refractivity contribution < 1.29 is 9.59 Å². The van der Waals surface area contributed by atoms with Gasteiger partial charge in [-0.05, 0) is 35.9 Å². The Morgan fingerprint density at radius 1 is 1.04 bits per heavy atom. The summed E-state index contributed by atoms with van der Waals surface area (Å²) in [5.41, 5.74) is 2.46. The predicted octanol–water partition coefficient (Wildman–Crippen LogP) is 3.91. The van der Waals surface area contributed by atoms with E-state index in [0.29, 0.717) is 5.13 Å². The molecule has 2 N–H and O–H groups in total. The highest BCUT2D eigenvalue weighted by molar-refractivity contribution is 7.22. The maximum Gasteiger partial charge on any atom is 0.250 e. The van der Waals surface area contributed by atoms with E-state index >= 15 is 0 Å². The molecular weight excluding hydrogens is 322 g/mol. The summed E-state index contributed by atoms with van der Waals surface area (Å²) in [5, 5.41) is 6.03. The molecule has 0 spiro atoms. The molecule has 1 aromatic heterocycles. The van der Waals surface area contributed by atoms with Gasteiger partial charge in [0.25, 0.3) is 0 Å². The van der Waals surface area contributed by atoms with Crippen molar-refractivity contribution in [1.29, 1.82) is 0 Å². The fourth-order valence-corrected chi connectivity index (χ4v) is 2.99. The molecule has 0 aliphatic rings. The number of benzene rings is 2. The van der Waals surface area contributed by atoms with E-state index in [-0.39, 0.29) is 11.8 Å². The number of hydrogen-bond donors (Lipinski definition) is 2. The van der Waals surface area contributed by atoms with Crippen LogP contribution in [0.5, 0.6) is 0 Å². The first-order valence-corrected chi connectivity index (χ1v) is 8.14. The lowest BCUT2D eigenvalue weighted by Gasteiger charge is -2.01. The molecule has 0 radical (unpaired) electrons. The topological polar surface area (TPSA) is 71.1 Å². The molecule has 0 unspecified atom stereocenters. The van der Waals surface area contributed by atoms with Crippen molar-refractivity contribution in [2.24, 2.45) is 0 Å². The molecule has 120 valence electrons. The highest BCUT2D eigenvalue weighted by Gasteiger charge is 2.05. The smallest absolute Gasteiger partial charge is 0.250 e. The molecule has 2 amide bonds. The highest BCUT2D eigenvalue weighted by Crippen LogP contribution is 2.25. The maximum atomic E-state index is 12.0. The van der Waals surface area contributed by atoms with Crippen LogP contribution >= 0.6 is 11.3 Å². The third-order valence-electron chi connectivity index (χ3n) is 3.18. The Balaban J connectivity index is 1.63. The molecule has 5 nitrogen and oxygen atoms in total. The second-order valence-corrected chi connectivity index (χ2v) is 6.14. The summed E-state index contributed by atoms with van der Waals surface area (Å²) in [6.07, 6.45) is 3.17. The van der Waals surface area contributed by atoms with Crippen LogP contribution in [0.4, 0.5) is 10.8 Å². The molecule has 3 aromatic rings. The van der Waals surface area contributed by atoms with Crippen LogP contribution in [-0.4, -0.2) is 16.8 Å². The van der Waals surface area contributed by atoms with Gasteiger partial charge in [-0.25, -0.2) is 4.98 Å². The Labute approximate surface area is 143 Å². The molecule has 3 rings (SSSR count). The van der Waals surface area contributed by atoms with E-state index in [4.69, 9.17) is 0 Å². The van der Waals surface area contributed by atoms with Crippen LogP contribution in [0.25, 0.3) is 16.3 Å². The van der Waals surface area contributed by atoms with Gasteiger partial charge < -0.3 is 5.32 Å². The summed E-state index contributed by atoms with van der Waals surface area (Å²) in [6, 6.07) is 15.0. The zero-order chi connectivity index (χ0) is 16.9. The number of rotatable bonds is 4. The Bertz CT molecular complexity index is 880. The molecule has 24 heavy (non-hydrogen) atoms. The largest absolute Gasteiger partial charge is 0.326 e. The summed E-state index contributed by atoms with van der Waals surface area (Å²) in [6.45, 7) is 1.46. The van der Waals surface area contributed by atoms with E-state index in [9.17, 15) is 9.59 Å². The van der Waals surface area contributed by atoms with Gasteiger partial charge in [-0.2, -0.15) is 0 Å². The van der Waals surface area contributed by atoms with E-state index in [1.165, 1.54) is 24.3 Å². The molecule has 0 atom stereocenters. The third kappa shape index (κ3) is 4.05. The lowest BCUT2D eigenvalue weighted by Crippen LogP contribution is -2.07. The number of amides is 2. The van der Waals surface area contributed by atoms with Crippen LogP contribution < -0.4 is 10.6 Å². The fourth-order valence-electron chi connectivity index (χ4n) is 2.13. The van der Waals surface area contributed by atoms with Crippen molar-refractivity contribution in [3.8, 4) is 0 Å². The minimum atomic E-state index is -0.236. The SMILES string of the molecule is CC(=O)Nc1ccc(/C=C/C(=O)Nc2nc3ccccc3s2)cc1. The van der Waals surface area contributed by atoms with Crippen LogP contribution in [0.1, 0.15) is 12.5 Å². The van der Waals surface area contributed by atoms with Crippen LogP contribution in [-0.2, 0) is 9.59 Å². The quantitative estimate of drug-likeness (QED) is 0.709. The van der Waals surface area contributed by atoms with Gasteiger partial charge in [0.05, 0.1) is 10.2 Å². The van der Waals surface area contributed by atoms with Gasteiger partial charge in [0.1, 0.15) is 0 Å². The molecule has 0 aliphatic heterocycles. The van der Waals surface area contributed by atoms with Gasteiger partial charge in [0.15, 0.2) is 5.13 Å². The van der Waals surface area contributed by atoms with Crippen molar-refractivity contribution in [3.63, 3.8) is 0 Å². The van der Waals surface area contributed by atoms with Crippen LogP contribution in [0.15, 0.2) is 54.6 Å². The minimum absolute atomic E-state index is 0.117. The van der Waals surface area contributed by atoms with E-state index < -0.39 is 0 Å². The molecule has 0 aliphatic carbocycles. The van der Waals surface area contributed by atoms with Gasteiger partial charge in [-0.15, -0.1) is 0 Å². The van der Waals surface area contributed by atoms with Crippen LogP contribution in [0.3, 0.4) is 0 Å². The van der Waals surface area contributed by atoms with Crippen molar-refractivity contribution in [3.05, 3.63) is 60.2 Å². The number of carbonyl (C=O) groups is 2. The lowest BCUT2D eigenvalue weighted by atomic mass is 10.2. The summed E-state index contributed by atoms with van der Waals surface area (Å²) in [5.74, 6) is -0.353. The number of thiazole rings is 1. The van der Waals surface area contributed by atoms with Gasteiger partial charge >= 0.3 is 0 Å². The molecule has 1 heterocycles. The molecular formula is C18H15N3O2S. The number of nitrogens with one attached hydrogen (secondary N) is 2. The Hall–Kier alpha value is -2.99. The Morgan fingerprint density at radius 2 is 1.79 bits per heavy atom. The molecule has 0 saturated heterocycles. The standard InChI is InChI=1S/C18H15N3O2S/c1-12(22)19-14-9-6-13(7-10-14)8-11-17(23)21-18-20-15-4-2-3-5-16(15)24-18/h2-11H,1H3,(H,19,22)(H,20,21,23)/b11-8+. The van der Waals surface area contributed by atoms with Crippen molar-refractivity contribution >= 4 is 50.3 Å². The first-order chi connectivity index (χ1) is 11.6. The molecule has 0 fully saturated rings. The van der Waals surface area contributed by atoms with Gasteiger partial charge in [0, 0.05) is 18.7 Å². The average Bonchev–Trinajstić information content (AvgIpc) is 2.96. The van der Waals surface area contributed by atoms with Crippen molar-refractivity contribution in [2.75, 3.05) is 10.6 Å². The summed E-state index contributed by atoms with van der Waals surface area (Å²) < 4.78 is 1.03. The molecule has 6 heteroatoms. The lowest BCUT2D eigenvalue weighted by molar-refractivity contribution is -0.114. The zero-order valence-electron chi connectivity index (χ0n) is 12.9. The number of para-hydroxylation sites is 1. The van der Waals surface area contributed by atoms with Crippen LogP contribution in [0.2, 0.25) is 0 Å². The van der Waals surface area contributed by atoms with Crippen LogP contribution in [0, 0.1) is 0 Å². The summed E-state index contributed by atoms with van der Waals surface area (Å²) >= 11 is 1.44. The van der Waals surface area contributed by atoms with Crippen molar-refractivity contribution in [2.45, 2.75) is 6.92 Å². The summed E-state index contributed by atoms with van der Waals surface area (Å²) in [4.78, 5) is 27.3. The molecule has 0 saturated carbocycles. The number of aromatic nitrogens is 1. The maximum absolute atomic E-state index is 12.0. The fraction of sp³-hybridized carbons (Fsp3) is 0.0556. The first kappa shape index (κ1) is 15.9. The first-order valence-electron chi connectivity index (χ1n) is 7.32. The number of anilines is 2. The molecule has 0 bridgehead atoms. The van der Waals surface area contributed by atoms with Crippen molar-refractivity contribution in [1.82, 2.24) is 4.98 Å². The number of carbonyl (C=O) groups excluding carboxylic acids is 2. The monoisotopic (exact) mass is 337 g/mol. The van der Waals surface area contributed by atoms with E-state index in [2.05, 4.69) is 15.6 Å². The van der Waals surface area contributed by atoms with Gasteiger partial charge in [0.2, 0.25) is 11.8 Å².